The topological polar surface area (TPSA) is 37.8 Å². The Morgan fingerprint density at radius 2 is 2.13 bits per heavy atom. The molecule has 3 nitrogen and oxygen atoms in total. The summed E-state index contributed by atoms with van der Waals surface area (Å²) in [6, 6.07) is 2.61. The molecule has 1 saturated carbocycles. The van der Waals surface area contributed by atoms with Gasteiger partial charge in [-0.15, -0.1) is 0 Å². The maximum Gasteiger partial charge on any atom is 0.142 e. The molecule has 0 spiro atoms. The van der Waals surface area contributed by atoms with E-state index in [4.69, 9.17) is 0 Å². The molecule has 0 amide bonds. The molecule has 3 heteroatoms. The Balaban J connectivity index is 2.09. The summed E-state index contributed by atoms with van der Waals surface area (Å²) in [6.07, 6.45) is 2.60. The Kier molecular flexibility index (Phi) is 3.00. The normalized spacial score (nSPS) is 16.0. The van der Waals surface area contributed by atoms with Crippen LogP contribution in [0.3, 0.4) is 0 Å². The number of hydrogen-bond acceptors (Lipinski definition) is 3. The first-order chi connectivity index (χ1) is 7.15. The molecule has 0 aromatic carbocycles. The largest absolute Gasteiger partial charge is 0.308 e. The number of nitrogens with zero attached hydrogens (tertiary/aromatic N) is 2. The SMILES string of the molecule is Cc1cc(C2CC2)nc(CNC(C)C)n1. The molecule has 1 aliphatic carbocycles. The van der Waals surface area contributed by atoms with Crippen molar-refractivity contribution in [2.24, 2.45) is 0 Å². The number of nitrogens with one attached hydrogen (secondary N) is 1. The molecule has 15 heavy (non-hydrogen) atoms. The van der Waals surface area contributed by atoms with Crippen LogP contribution in [0.2, 0.25) is 0 Å². The van der Waals surface area contributed by atoms with Crippen LogP contribution < -0.4 is 5.32 Å². The minimum absolute atomic E-state index is 0.485. The minimum Gasteiger partial charge on any atom is -0.308 e. The van der Waals surface area contributed by atoms with Gasteiger partial charge >= 0.3 is 0 Å². The fourth-order valence-corrected chi connectivity index (χ4v) is 1.62. The monoisotopic (exact) mass is 205 g/mol. The van der Waals surface area contributed by atoms with Gasteiger partial charge in [-0.05, 0) is 25.8 Å². The lowest BCUT2D eigenvalue weighted by molar-refractivity contribution is 0.569. The zero-order valence-corrected chi connectivity index (χ0v) is 9.75. The summed E-state index contributed by atoms with van der Waals surface area (Å²) in [6.45, 7) is 7.10. The summed E-state index contributed by atoms with van der Waals surface area (Å²) in [5, 5.41) is 3.35. The zero-order chi connectivity index (χ0) is 10.8. The molecule has 0 radical (unpaired) electrons. The van der Waals surface area contributed by atoms with Gasteiger partial charge in [-0.2, -0.15) is 0 Å². The maximum atomic E-state index is 4.59. The van der Waals surface area contributed by atoms with Gasteiger partial charge in [-0.3, -0.25) is 0 Å². The van der Waals surface area contributed by atoms with Gasteiger partial charge in [0.15, 0.2) is 0 Å². The van der Waals surface area contributed by atoms with Crippen molar-refractivity contribution in [1.82, 2.24) is 15.3 Å². The Labute approximate surface area is 91.3 Å². The summed E-state index contributed by atoms with van der Waals surface area (Å²) in [7, 11) is 0. The predicted octanol–water partition coefficient (Wildman–Crippen LogP) is 2.16. The molecular weight excluding hydrogens is 186 g/mol. The maximum absolute atomic E-state index is 4.59. The number of rotatable bonds is 4. The Bertz CT molecular complexity index is 343. The molecule has 0 atom stereocenters. The lowest BCUT2D eigenvalue weighted by Crippen LogP contribution is -2.23. The van der Waals surface area contributed by atoms with E-state index in [2.05, 4.69) is 35.2 Å². The molecule has 0 bridgehead atoms. The zero-order valence-electron chi connectivity index (χ0n) is 9.75. The highest BCUT2D eigenvalue weighted by molar-refractivity contribution is 5.18. The van der Waals surface area contributed by atoms with E-state index in [9.17, 15) is 0 Å². The van der Waals surface area contributed by atoms with Crippen molar-refractivity contribution >= 4 is 0 Å². The second-order valence-electron chi connectivity index (χ2n) is 4.66. The highest BCUT2D eigenvalue weighted by atomic mass is 15.0. The van der Waals surface area contributed by atoms with Crippen molar-refractivity contribution in [3.8, 4) is 0 Å². The van der Waals surface area contributed by atoms with Gasteiger partial charge in [-0.25, -0.2) is 9.97 Å². The number of aryl methyl sites for hydroxylation is 1. The van der Waals surface area contributed by atoms with Crippen molar-refractivity contribution in [3.63, 3.8) is 0 Å². The molecule has 1 fully saturated rings. The average Bonchev–Trinajstić information content (AvgIpc) is 2.97. The lowest BCUT2D eigenvalue weighted by atomic mass is 10.2. The average molecular weight is 205 g/mol. The molecule has 1 heterocycles. The van der Waals surface area contributed by atoms with Crippen LogP contribution in [0.5, 0.6) is 0 Å². The molecule has 82 valence electrons. The second kappa shape index (κ2) is 4.27. The Hall–Kier alpha value is -0.960. The van der Waals surface area contributed by atoms with Crippen LogP contribution >= 0.6 is 0 Å². The summed E-state index contributed by atoms with van der Waals surface area (Å²) < 4.78 is 0. The molecule has 1 aromatic rings. The van der Waals surface area contributed by atoms with Gasteiger partial charge in [-0.1, -0.05) is 13.8 Å². The molecule has 1 aromatic heterocycles. The minimum atomic E-state index is 0.485. The summed E-state index contributed by atoms with van der Waals surface area (Å²) in [4.78, 5) is 9.04. The molecule has 1 N–H and O–H groups in total. The predicted molar refractivity (Wildman–Crippen MR) is 60.7 cm³/mol. The van der Waals surface area contributed by atoms with Crippen molar-refractivity contribution in [3.05, 3.63) is 23.3 Å². The van der Waals surface area contributed by atoms with E-state index in [-0.39, 0.29) is 0 Å². The van der Waals surface area contributed by atoms with Crippen molar-refractivity contribution in [2.75, 3.05) is 0 Å². The fraction of sp³-hybridized carbons (Fsp3) is 0.667. The summed E-state index contributed by atoms with van der Waals surface area (Å²) in [5.74, 6) is 1.65. The van der Waals surface area contributed by atoms with Crippen molar-refractivity contribution in [2.45, 2.75) is 52.1 Å². The van der Waals surface area contributed by atoms with Gasteiger partial charge in [0.05, 0.1) is 6.54 Å². The van der Waals surface area contributed by atoms with E-state index in [1.165, 1.54) is 18.5 Å². The third kappa shape index (κ3) is 2.99. The van der Waals surface area contributed by atoms with Gasteiger partial charge in [0, 0.05) is 23.3 Å². The van der Waals surface area contributed by atoms with Crippen LogP contribution in [0.4, 0.5) is 0 Å². The summed E-state index contributed by atoms with van der Waals surface area (Å²) in [5.41, 5.74) is 2.33. The summed E-state index contributed by atoms with van der Waals surface area (Å²) >= 11 is 0. The van der Waals surface area contributed by atoms with Crippen molar-refractivity contribution in [1.29, 1.82) is 0 Å². The third-order valence-electron chi connectivity index (χ3n) is 2.58. The quantitative estimate of drug-likeness (QED) is 0.818. The first-order valence-corrected chi connectivity index (χ1v) is 5.73. The second-order valence-corrected chi connectivity index (χ2v) is 4.66. The van der Waals surface area contributed by atoms with E-state index < -0.39 is 0 Å². The van der Waals surface area contributed by atoms with E-state index in [0.29, 0.717) is 12.0 Å². The van der Waals surface area contributed by atoms with Gasteiger partial charge in [0.25, 0.3) is 0 Å². The highest BCUT2D eigenvalue weighted by Gasteiger charge is 2.25. The molecule has 0 unspecified atom stereocenters. The van der Waals surface area contributed by atoms with Crippen molar-refractivity contribution < 1.29 is 0 Å². The van der Waals surface area contributed by atoms with Gasteiger partial charge in [0.2, 0.25) is 0 Å². The highest BCUT2D eigenvalue weighted by Crippen LogP contribution is 2.38. The van der Waals surface area contributed by atoms with Gasteiger partial charge < -0.3 is 5.32 Å². The standard InChI is InChI=1S/C12H19N3/c1-8(2)13-7-12-14-9(3)6-11(15-12)10-4-5-10/h6,8,10,13H,4-5,7H2,1-3H3. The van der Waals surface area contributed by atoms with Crippen LogP contribution in [0.15, 0.2) is 6.07 Å². The van der Waals surface area contributed by atoms with Crippen LogP contribution in [0.25, 0.3) is 0 Å². The van der Waals surface area contributed by atoms with Crippen LogP contribution in [0, 0.1) is 6.92 Å². The first kappa shape index (κ1) is 10.6. The molecule has 2 rings (SSSR count). The van der Waals surface area contributed by atoms with E-state index in [0.717, 1.165) is 18.1 Å². The molecule has 1 aliphatic rings. The first-order valence-electron chi connectivity index (χ1n) is 5.73. The van der Waals surface area contributed by atoms with E-state index in [1.54, 1.807) is 0 Å². The van der Waals surface area contributed by atoms with Crippen LogP contribution in [-0.2, 0) is 6.54 Å². The number of hydrogen-bond donors (Lipinski definition) is 1. The molecular formula is C12H19N3. The molecule has 0 saturated heterocycles. The molecule has 0 aliphatic heterocycles. The number of aromatic nitrogens is 2. The lowest BCUT2D eigenvalue weighted by Gasteiger charge is -2.08. The van der Waals surface area contributed by atoms with E-state index >= 15 is 0 Å². The van der Waals surface area contributed by atoms with Crippen LogP contribution in [-0.4, -0.2) is 16.0 Å². The smallest absolute Gasteiger partial charge is 0.142 e. The van der Waals surface area contributed by atoms with Crippen LogP contribution in [0.1, 0.15) is 49.8 Å². The van der Waals surface area contributed by atoms with E-state index in [1.807, 2.05) is 6.92 Å². The van der Waals surface area contributed by atoms with Gasteiger partial charge in [0.1, 0.15) is 5.82 Å². The fourth-order valence-electron chi connectivity index (χ4n) is 1.62. The third-order valence-corrected chi connectivity index (χ3v) is 2.58. The Morgan fingerprint density at radius 1 is 1.40 bits per heavy atom. The Morgan fingerprint density at radius 3 is 2.73 bits per heavy atom.